The number of amides is 4. The van der Waals surface area contributed by atoms with E-state index in [0.717, 1.165) is 0 Å². The lowest BCUT2D eigenvalue weighted by Crippen LogP contribution is -2.44. The summed E-state index contributed by atoms with van der Waals surface area (Å²) < 4.78 is 0. The van der Waals surface area contributed by atoms with Gasteiger partial charge >= 0.3 is 6.03 Å². The molecule has 0 aromatic heterocycles. The summed E-state index contributed by atoms with van der Waals surface area (Å²) in [4.78, 5) is 31.7. The summed E-state index contributed by atoms with van der Waals surface area (Å²) in [5.41, 5.74) is 4.74. The van der Waals surface area contributed by atoms with Gasteiger partial charge in [0.2, 0.25) is 11.8 Å². The van der Waals surface area contributed by atoms with E-state index in [1.54, 1.807) is 0 Å². The van der Waals surface area contributed by atoms with Crippen LogP contribution < -0.4 is 16.4 Å². The molecule has 4 amide bonds. The van der Waals surface area contributed by atoms with Crippen LogP contribution in [0.5, 0.6) is 0 Å². The minimum absolute atomic E-state index is 0.324. The van der Waals surface area contributed by atoms with Crippen molar-refractivity contribution in [3.05, 3.63) is 0 Å². The molecule has 0 bridgehead atoms. The second-order valence-electron chi connectivity index (χ2n) is 2.25. The number of imide groups is 1. The van der Waals surface area contributed by atoms with Crippen LogP contribution in [0, 0.1) is 0 Å². The first-order valence-corrected chi connectivity index (χ1v) is 3.88. The molecule has 1 atom stereocenters. The number of rotatable bonds is 3. The zero-order valence-corrected chi connectivity index (χ0v) is 7.72. The predicted molar refractivity (Wildman–Crippen MR) is 46.1 cm³/mol. The molecule has 0 rings (SSSR count). The Morgan fingerprint density at radius 1 is 1.46 bits per heavy atom. The normalized spacial score (nSPS) is 11.5. The van der Waals surface area contributed by atoms with Crippen LogP contribution >= 0.6 is 11.6 Å². The number of hydrogen-bond acceptors (Lipinski definition) is 3. The molecule has 6 nitrogen and oxygen atoms in total. The average Bonchev–Trinajstić information content (AvgIpc) is 2.00. The van der Waals surface area contributed by atoms with Crippen molar-refractivity contribution in [2.45, 2.75) is 12.3 Å². The van der Waals surface area contributed by atoms with Crippen molar-refractivity contribution >= 4 is 29.4 Å². The maximum absolute atomic E-state index is 10.8. The van der Waals surface area contributed by atoms with Crippen molar-refractivity contribution in [2.75, 3.05) is 6.54 Å². The lowest BCUT2D eigenvalue weighted by molar-refractivity contribution is -0.120. The molecule has 0 fully saturated rings. The van der Waals surface area contributed by atoms with Gasteiger partial charge in [0.25, 0.3) is 0 Å². The Hall–Kier alpha value is -1.30. The third-order valence-electron chi connectivity index (χ3n) is 1.02. The highest BCUT2D eigenvalue weighted by atomic mass is 35.5. The Bertz CT molecular complexity index is 229. The monoisotopic (exact) mass is 207 g/mol. The van der Waals surface area contributed by atoms with Crippen LogP contribution in [0.25, 0.3) is 0 Å². The molecule has 0 aliphatic carbocycles. The van der Waals surface area contributed by atoms with E-state index in [1.807, 2.05) is 5.32 Å². The van der Waals surface area contributed by atoms with Crippen molar-refractivity contribution in [3.8, 4) is 0 Å². The summed E-state index contributed by atoms with van der Waals surface area (Å²) in [6, 6.07) is -0.795. The number of primary amides is 1. The van der Waals surface area contributed by atoms with Crippen LogP contribution in [-0.2, 0) is 9.59 Å². The van der Waals surface area contributed by atoms with E-state index in [0.29, 0.717) is 0 Å². The van der Waals surface area contributed by atoms with Crippen LogP contribution in [0.15, 0.2) is 0 Å². The Labute approximate surface area is 79.8 Å². The molecule has 1 unspecified atom stereocenters. The van der Waals surface area contributed by atoms with Gasteiger partial charge in [0.05, 0.1) is 6.54 Å². The SMILES string of the molecule is CC(Cl)C(=O)NC(=O)NCC(N)=O. The lowest BCUT2D eigenvalue weighted by atomic mass is 10.4. The van der Waals surface area contributed by atoms with Gasteiger partial charge < -0.3 is 11.1 Å². The number of nitrogens with two attached hydrogens (primary N) is 1. The van der Waals surface area contributed by atoms with E-state index >= 15 is 0 Å². The fourth-order valence-corrected chi connectivity index (χ4v) is 0.477. The zero-order chi connectivity index (χ0) is 10.4. The molecule has 0 spiro atoms. The highest BCUT2D eigenvalue weighted by Gasteiger charge is 2.12. The van der Waals surface area contributed by atoms with Crippen LogP contribution in [-0.4, -0.2) is 29.8 Å². The molecule has 4 N–H and O–H groups in total. The predicted octanol–water partition coefficient (Wildman–Crippen LogP) is -1.08. The minimum Gasteiger partial charge on any atom is -0.368 e. The maximum Gasteiger partial charge on any atom is 0.321 e. The summed E-state index contributed by atoms with van der Waals surface area (Å²) in [7, 11) is 0. The van der Waals surface area contributed by atoms with Crippen molar-refractivity contribution in [1.29, 1.82) is 0 Å². The molecular formula is C6H10ClN3O3. The molecule has 13 heavy (non-hydrogen) atoms. The number of carbonyl (C=O) groups is 3. The highest BCUT2D eigenvalue weighted by molar-refractivity contribution is 6.31. The first-order valence-electron chi connectivity index (χ1n) is 3.44. The highest BCUT2D eigenvalue weighted by Crippen LogP contribution is 1.91. The van der Waals surface area contributed by atoms with Crippen LogP contribution in [0.1, 0.15) is 6.92 Å². The fourth-order valence-electron chi connectivity index (χ4n) is 0.423. The molecule has 0 aromatic carbocycles. The second kappa shape index (κ2) is 5.36. The Morgan fingerprint density at radius 3 is 2.38 bits per heavy atom. The summed E-state index contributed by atoms with van der Waals surface area (Å²) in [5.74, 6) is -1.33. The number of nitrogens with one attached hydrogen (secondary N) is 2. The minimum atomic E-state index is -0.806. The number of hydrogen-bond donors (Lipinski definition) is 3. The number of carbonyl (C=O) groups excluding carboxylic acids is 3. The zero-order valence-electron chi connectivity index (χ0n) is 6.96. The van der Waals surface area contributed by atoms with Gasteiger partial charge in [-0.05, 0) is 6.92 Å². The molecular weight excluding hydrogens is 198 g/mol. The van der Waals surface area contributed by atoms with Crippen LogP contribution in [0.3, 0.4) is 0 Å². The largest absolute Gasteiger partial charge is 0.368 e. The van der Waals surface area contributed by atoms with Gasteiger partial charge in [-0.3, -0.25) is 14.9 Å². The Morgan fingerprint density at radius 2 is 2.00 bits per heavy atom. The number of urea groups is 1. The van der Waals surface area contributed by atoms with Crippen molar-refractivity contribution in [1.82, 2.24) is 10.6 Å². The van der Waals surface area contributed by atoms with E-state index < -0.39 is 23.2 Å². The van der Waals surface area contributed by atoms with Gasteiger partial charge in [-0.15, -0.1) is 11.6 Å². The van der Waals surface area contributed by atoms with Crippen molar-refractivity contribution in [2.24, 2.45) is 5.73 Å². The smallest absolute Gasteiger partial charge is 0.321 e. The molecule has 0 heterocycles. The molecule has 0 saturated heterocycles. The number of halogens is 1. The average molecular weight is 208 g/mol. The Kier molecular flexibility index (Phi) is 4.83. The summed E-state index contributed by atoms with van der Waals surface area (Å²) in [6.07, 6.45) is 0. The fraction of sp³-hybridized carbons (Fsp3) is 0.500. The van der Waals surface area contributed by atoms with E-state index in [2.05, 4.69) is 5.32 Å². The van der Waals surface area contributed by atoms with E-state index in [9.17, 15) is 14.4 Å². The topological polar surface area (TPSA) is 101 Å². The second-order valence-corrected chi connectivity index (χ2v) is 2.91. The van der Waals surface area contributed by atoms with E-state index in [4.69, 9.17) is 17.3 Å². The molecule has 0 aliphatic heterocycles. The van der Waals surface area contributed by atoms with Crippen LogP contribution in [0.2, 0.25) is 0 Å². The van der Waals surface area contributed by atoms with Gasteiger partial charge in [0.1, 0.15) is 5.38 Å². The third kappa shape index (κ3) is 5.92. The van der Waals surface area contributed by atoms with Crippen molar-refractivity contribution in [3.63, 3.8) is 0 Å². The standard InChI is InChI=1S/C6H10ClN3O3/c1-3(7)5(12)10-6(13)9-2-4(8)11/h3H,2H2,1H3,(H2,8,11)(H2,9,10,12,13). The third-order valence-corrected chi connectivity index (χ3v) is 1.22. The number of alkyl halides is 1. The van der Waals surface area contributed by atoms with Gasteiger partial charge in [-0.2, -0.15) is 0 Å². The summed E-state index contributed by atoms with van der Waals surface area (Å²) in [6.45, 7) is 1.09. The van der Waals surface area contributed by atoms with Gasteiger partial charge in [-0.1, -0.05) is 0 Å². The molecule has 74 valence electrons. The molecule has 0 radical (unpaired) electrons. The molecule has 0 saturated carbocycles. The molecule has 0 aromatic rings. The first kappa shape index (κ1) is 11.7. The van der Waals surface area contributed by atoms with E-state index in [-0.39, 0.29) is 6.54 Å². The molecule has 7 heteroatoms. The molecule has 0 aliphatic rings. The lowest BCUT2D eigenvalue weighted by Gasteiger charge is -2.05. The Balaban J connectivity index is 3.75. The van der Waals surface area contributed by atoms with Crippen LogP contribution in [0.4, 0.5) is 4.79 Å². The summed E-state index contributed by atoms with van der Waals surface area (Å²) in [5, 5.41) is 3.16. The van der Waals surface area contributed by atoms with Gasteiger partial charge in [-0.25, -0.2) is 4.79 Å². The van der Waals surface area contributed by atoms with Gasteiger partial charge in [0, 0.05) is 0 Å². The van der Waals surface area contributed by atoms with Crippen molar-refractivity contribution < 1.29 is 14.4 Å². The summed E-state index contributed by atoms with van der Waals surface area (Å²) >= 11 is 5.35. The maximum atomic E-state index is 10.8. The van der Waals surface area contributed by atoms with Gasteiger partial charge in [0.15, 0.2) is 0 Å². The van der Waals surface area contributed by atoms with E-state index in [1.165, 1.54) is 6.92 Å². The first-order chi connectivity index (χ1) is 5.93. The quantitative estimate of drug-likeness (QED) is 0.514.